The molecule has 2 aromatic carbocycles. The summed E-state index contributed by atoms with van der Waals surface area (Å²) in [7, 11) is 0. The quantitative estimate of drug-likeness (QED) is 0.427. The molecule has 0 radical (unpaired) electrons. The summed E-state index contributed by atoms with van der Waals surface area (Å²) in [6.07, 6.45) is 0.144. The number of rotatable bonds is 2. The average Bonchev–Trinajstić information content (AvgIpc) is 2.30. The smallest absolute Gasteiger partial charge is 0.223 e. The molecule has 4 nitrogen and oxygen atoms in total. The zero-order valence-corrected chi connectivity index (χ0v) is 8.50. The molecule has 0 saturated carbocycles. The van der Waals surface area contributed by atoms with Crippen LogP contribution in [0.15, 0.2) is 47.6 Å². The Hall–Kier alpha value is -2.32. The zero-order valence-electron chi connectivity index (χ0n) is 8.50. The fraction of sp³-hybridized carbons (Fsp3) is 0.0833. The van der Waals surface area contributed by atoms with Gasteiger partial charge in [-0.1, -0.05) is 42.5 Å². The highest BCUT2D eigenvalue weighted by molar-refractivity contribution is 5.90. The van der Waals surface area contributed by atoms with Crippen molar-refractivity contribution in [3.05, 3.63) is 58.5 Å². The number of azide groups is 1. The van der Waals surface area contributed by atoms with Gasteiger partial charge in [0, 0.05) is 11.3 Å². The Kier molecular flexibility index (Phi) is 2.85. The molecule has 0 aliphatic rings. The third kappa shape index (κ3) is 2.02. The van der Waals surface area contributed by atoms with Gasteiger partial charge < -0.3 is 0 Å². The fourth-order valence-electron chi connectivity index (χ4n) is 1.69. The van der Waals surface area contributed by atoms with Gasteiger partial charge in [-0.2, -0.15) is 0 Å². The van der Waals surface area contributed by atoms with Crippen molar-refractivity contribution < 1.29 is 4.79 Å². The van der Waals surface area contributed by atoms with Crippen molar-refractivity contribution in [1.29, 1.82) is 0 Å². The summed E-state index contributed by atoms with van der Waals surface area (Å²) in [4.78, 5) is 13.7. The first-order chi connectivity index (χ1) is 7.81. The van der Waals surface area contributed by atoms with E-state index < -0.39 is 5.91 Å². The molecule has 2 rings (SSSR count). The molecule has 0 heterocycles. The molecule has 16 heavy (non-hydrogen) atoms. The van der Waals surface area contributed by atoms with E-state index in [1.807, 2.05) is 42.5 Å². The average molecular weight is 211 g/mol. The Morgan fingerprint density at radius 3 is 2.75 bits per heavy atom. The van der Waals surface area contributed by atoms with E-state index >= 15 is 0 Å². The van der Waals surface area contributed by atoms with Gasteiger partial charge in [-0.25, -0.2) is 0 Å². The van der Waals surface area contributed by atoms with Gasteiger partial charge in [-0.3, -0.25) is 4.79 Å². The van der Waals surface area contributed by atoms with E-state index in [0.717, 1.165) is 16.3 Å². The predicted octanol–water partition coefficient (Wildman–Crippen LogP) is 3.22. The Bertz CT molecular complexity index is 580. The number of nitrogens with zero attached hydrogens (tertiary/aromatic N) is 3. The predicted molar refractivity (Wildman–Crippen MR) is 61.8 cm³/mol. The van der Waals surface area contributed by atoms with Crippen molar-refractivity contribution in [2.24, 2.45) is 5.11 Å². The van der Waals surface area contributed by atoms with Crippen LogP contribution in [-0.4, -0.2) is 5.91 Å². The van der Waals surface area contributed by atoms with Crippen molar-refractivity contribution in [2.45, 2.75) is 6.42 Å². The summed E-state index contributed by atoms with van der Waals surface area (Å²) in [6, 6.07) is 13.5. The lowest BCUT2D eigenvalue weighted by Gasteiger charge is -2.03. The van der Waals surface area contributed by atoms with Crippen molar-refractivity contribution in [1.82, 2.24) is 0 Å². The summed E-state index contributed by atoms with van der Waals surface area (Å²) < 4.78 is 0. The van der Waals surface area contributed by atoms with E-state index in [-0.39, 0.29) is 6.42 Å². The van der Waals surface area contributed by atoms with Crippen molar-refractivity contribution in [2.75, 3.05) is 0 Å². The number of benzene rings is 2. The zero-order chi connectivity index (χ0) is 11.4. The molecule has 78 valence electrons. The molecule has 2 aromatic rings. The van der Waals surface area contributed by atoms with Gasteiger partial charge in [0.25, 0.3) is 0 Å². The van der Waals surface area contributed by atoms with Crippen LogP contribution in [0.2, 0.25) is 0 Å². The van der Waals surface area contributed by atoms with Crippen LogP contribution in [0, 0.1) is 0 Å². The summed E-state index contributed by atoms with van der Waals surface area (Å²) in [5.74, 6) is -0.459. The fourth-order valence-corrected chi connectivity index (χ4v) is 1.69. The molecule has 0 N–H and O–H groups in total. The molecule has 0 atom stereocenters. The second-order valence-electron chi connectivity index (χ2n) is 3.40. The molecular formula is C12H9N3O. The topological polar surface area (TPSA) is 65.8 Å². The molecular weight excluding hydrogens is 202 g/mol. The minimum absolute atomic E-state index is 0.144. The molecule has 0 aromatic heterocycles. The van der Waals surface area contributed by atoms with E-state index in [1.54, 1.807) is 0 Å². The summed E-state index contributed by atoms with van der Waals surface area (Å²) in [6.45, 7) is 0. The van der Waals surface area contributed by atoms with Crippen molar-refractivity contribution >= 4 is 16.7 Å². The molecule has 1 amide bonds. The maximum absolute atomic E-state index is 11.2. The van der Waals surface area contributed by atoms with Crippen LogP contribution in [0.3, 0.4) is 0 Å². The number of hydrogen-bond donors (Lipinski definition) is 0. The Morgan fingerprint density at radius 2 is 1.94 bits per heavy atom. The van der Waals surface area contributed by atoms with Gasteiger partial charge in [0.15, 0.2) is 0 Å². The SMILES string of the molecule is [N-]=[N+]=NC(=O)Cc1cccc2ccccc12. The monoisotopic (exact) mass is 211 g/mol. The first-order valence-electron chi connectivity index (χ1n) is 4.86. The first-order valence-corrected chi connectivity index (χ1v) is 4.86. The van der Waals surface area contributed by atoms with Gasteiger partial charge in [0.05, 0.1) is 0 Å². The highest BCUT2D eigenvalue weighted by atomic mass is 16.1. The Morgan fingerprint density at radius 1 is 1.19 bits per heavy atom. The third-order valence-electron chi connectivity index (χ3n) is 2.38. The lowest BCUT2D eigenvalue weighted by molar-refractivity contribution is -0.117. The van der Waals surface area contributed by atoms with Crippen LogP contribution in [0.25, 0.3) is 21.2 Å². The van der Waals surface area contributed by atoms with Gasteiger partial charge in [0.1, 0.15) is 0 Å². The van der Waals surface area contributed by atoms with Gasteiger partial charge >= 0.3 is 0 Å². The van der Waals surface area contributed by atoms with E-state index in [2.05, 4.69) is 10.0 Å². The Balaban J connectivity index is 2.44. The van der Waals surface area contributed by atoms with Crippen LogP contribution < -0.4 is 0 Å². The first kappa shape index (κ1) is 10.2. The molecule has 0 aliphatic carbocycles. The summed E-state index contributed by atoms with van der Waals surface area (Å²) in [5, 5.41) is 5.17. The Labute approximate surface area is 92.1 Å². The minimum Gasteiger partial charge on any atom is -0.292 e. The van der Waals surface area contributed by atoms with Crippen molar-refractivity contribution in [3.8, 4) is 0 Å². The number of carbonyl (C=O) groups excluding carboxylic acids is 1. The number of amides is 1. The number of fused-ring (bicyclic) bond motifs is 1. The standard InChI is InChI=1S/C12H9N3O/c13-15-14-12(16)8-10-6-3-5-9-4-1-2-7-11(9)10/h1-7H,8H2. The molecule has 0 spiro atoms. The lowest BCUT2D eigenvalue weighted by atomic mass is 10.0. The number of hydrogen-bond acceptors (Lipinski definition) is 1. The van der Waals surface area contributed by atoms with Gasteiger partial charge in [0.2, 0.25) is 5.91 Å². The van der Waals surface area contributed by atoms with Gasteiger partial charge in [-0.05, 0) is 27.0 Å². The van der Waals surface area contributed by atoms with Crippen molar-refractivity contribution in [3.63, 3.8) is 0 Å². The maximum Gasteiger partial charge on any atom is 0.223 e. The van der Waals surface area contributed by atoms with Crippen LogP contribution in [0.5, 0.6) is 0 Å². The van der Waals surface area contributed by atoms with Crippen LogP contribution in [0.1, 0.15) is 5.56 Å². The second kappa shape index (κ2) is 4.47. The molecule has 0 bridgehead atoms. The minimum atomic E-state index is -0.459. The van der Waals surface area contributed by atoms with Crippen LogP contribution >= 0.6 is 0 Å². The van der Waals surface area contributed by atoms with Crippen LogP contribution in [-0.2, 0) is 11.2 Å². The maximum atomic E-state index is 11.2. The summed E-state index contributed by atoms with van der Waals surface area (Å²) >= 11 is 0. The molecule has 0 fully saturated rings. The molecule has 0 aliphatic heterocycles. The summed E-state index contributed by atoms with van der Waals surface area (Å²) in [5.41, 5.74) is 9.05. The largest absolute Gasteiger partial charge is 0.292 e. The third-order valence-corrected chi connectivity index (χ3v) is 2.38. The highest BCUT2D eigenvalue weighted by Crippen LogP contribution is 2.19. The molecule has 0 unspecified atom stereocenters. The molecule has 4 heteroatoms. The molecule has 0 saturated heterocycles. The van der Waals surface area contributed by atoms with E-state index in [4.69, 9.17) is 5.53 Å². The van der Waals surface area contributed by atoms with Gasteiger partial charge in [-0.15, -0.1) is 0 Å². The second-order valence-corrected chi connectivity index (χ2v) is 3.40. The normalized spacial score (nSPS) is 9.75. The van der Waals surface area contributed by atoms with E-state index in [1.165, 1.54) is 0 Å². The number of carbonyl (C=O) groups is 1. The van der Waals surface area contributed by atoms with Crippen LogP contribution in [0.4, 0.5) is 0 Å². The highest BCUT2D eigenvalue weighted by Gasteiger charge is 2.04. The van der Waals surface area contributed by atoms with E-state index in [9.17, 15) is 4.79 Å². The van der Waals surface area contributed by atoms with E-state index in [0.29, 0.717) is 0 Å². The lowest BCUT2D eigenvalue weighted by Crippen LogP contribution is -1.98.